The number of nitrogens with zero attached hydrogens (tertiary/aromatic N) is 3. The van der Waals surface area contributed by atoms with Gasteiger partial charge in [-0.15, -0.1) is 0 Å². The zero-order valence-electron chi connectivity index (χ0n) is 9.67. The highest BCUT2D eigenvalue weighted by Crippen LogP contribution is 2.30. The van der Waals surface area contributed by atoms with Crippen LogP contribution in [0.25, 0.3) is 11.0 Å². The summed E-state index contributed by atoms with van der Waals surface area (Å²) in [6.07, 6.45) is 1.49. The Hall–Kier alpha value is -1.52. The van der Waals surface area contributed by atoms with Crippen LogP contribution in [-0.2, 0) is 0 Å². The molecule has 0 saturated heterocycles. The van der Waals surface area contributed by atoms with Gasteiger partial charge in [-0.3, -0.25) is 3.97 Å². The number of hydrogen-bond donors (Lipinski definition) is 0. The number of aromatic nitrogens is 3. The van der Waals surface area contributed by atoms with E-state index in [1.165, 1.54) is 6.33 Å². The lowest BCUT2D eigenvalue weighted by molar-refractivity contribution is 1.14. The third kappa shape index (κ3) is 1.98. The first-order valence-corrected chi connectivity index (χ1v) is 6.63. The predicted octanol–water partition coefficient (Wildman–Crippen LogP) is 3.95. The van der Waals surface area contributed by atoms with E-state index >= 15 is 0 Å². The Balaban J connectivity index is 2.12. The van der Waals surface area contributed by atoms with Gasteiger partial charge >= 0.3 is 0 Å². The smallest absolute Gasteiger partial charge is 0.155 e. The Labute approximate surface area is 114 Å². The van der Waals surface area contributed by atoms with E-state index in [0.717, 1.165) is 21.6 Å². The molecule has 0 aliphatic rings. The zero-order valence-corrected chi connectivity index (χ0v) is 11.2. The van der Waals surface area contributed by atoms with E-state index in [0.29, 0.717) is 5.15 Å². The largest absolute Gasteiger partial charge is 0.268 e. The average Bonchev–Trinajstić information content (AvgIpc) is 2.70. The van der Waals surface area contributed by atoms with Crippen molar-refractivity contribution in [1.29, 1.82) is 0 Å². The van der Waals surface area contributed by atoms with E-state index < -0.39 is 0 Å². The topological polar surface area (TPSA) is 30.7 Å². The Kier molecular flexibility index (Phi) is 2.97. The summed E-state index contributed by atoms with van der Waals surface area (Å²) >= 11 is 7.70. The van der Waals surface area contributed by atoms with Crippen molar-refractivity contribution in [3.63, 3.8) is 0 Å². The molecule has 0 bridgehead atoms. The van der Waals surface area contributed by atoms with Gasteiger partial charge in [0.2, 0.25) is 0 Å². The molecular weight excluding hydrogens is 266 g/mol. The first kappa shape index (κ1) is 11.6. The lowest BCUT2D eigenvalue weighted by Gasteiger charge is -2.05. The minimum atomic E-state index is 0.496. The normalized spacial score (nSPS) is 11.0. The fourth-order valence-electron chi connectivity index (χ4n) is 1.79. The second-order valence-corrected chi connectivity index (χ2v) is 5.26. The maximum atomic E-state index is 6.07. The first-order chi connectivity index (χ1) is 8.75. The van der Waals surface area contributed by atoms with Crippen molar-refractivity contribution in [2.24, 2.45) is 0 Å². The lowest BCUT2D eigenvalue weighted by Crippen LogP contribution is -1.91. The Morgan fingerprint density at radius 2 is 1.94 bits per heavy atom. The summed E-state index contributed by atoms with van der Waals surface area (Å²) in [4.78, 5) is 9.47. The molecule has 0 saturated carbocycles. The number of aryl methyl sites for hydroxylation is 1. The maximum absolute atomic E-state index is 6.07. The Bertz CT molecular complexity index is 694. The van der Waals surface area contributed by atoms with Crippen LogP contribution in [0, 0.1) is 6.92 Å². The van der Waals surface area contributed by atoms with Gasteiger partial charge < -0.3 is 0 Å². The molecule has 0 aliphatic heterocycles. The van der Waals surface area contributed by atoms with E-state index in [1.54, 1.807) is 11.9 Å². The van der Waals surface area contributed by atoms with Crippen LogP contribution in [0.1, 0.15) is 5.69 Å². The standard InChI is InChI=1S/C13H10ClN3S/c1-9-7-11-12(14)15-8-16-13(11)17(9)18-10-5-3-2-4-6-10/h2-8H,1H3. The maximum Gasteiger partial charge on any atom is 0.155 e. The molecule has 0 unspecified atom stereocenters. The van der Waals surface area contributed by atoms with Crippen LogP contribution in [0.15, 0.2) is 47.6 Å². The van der Waals surface area contributed by atoms with Crippen LogP contribution in [-0.4, -0.2) is 13.9 Å². The molecule has 3 nitrogen and oxygen atoms in total. The SMILES string of the molecule is Cc1cc2c(Cl)ncnc2n1Sc1ccccc1. The van der Waals surface area contributed by atoms with E-state index in [4.69, 9.17) is 11.6 Å². The summed E-state index contributed by atoms with van der Waals surface area (Å²) in [5.74, 6) is 0. The van der Waals surface area contributed by atoms with Crippen molar-refractivity contribution < 1.29 is 0 Å². The van der Waals surface area contributed by atoms with E-state index in [1.807, 2.05) is 31.2 Å². The minimum Gasteiger partial charge on any atom is -0.268 e. The van der Waals surface area contributed by atoms with Gasteiger partial charge in [0.05, 0.1) is 5.39 Å². The van der Waals surface area contributed by atoms with Crippen molar-refractivity contribution in [2.75, 3.05) is 0 Å². The van der Waals surface area contributed by atoms with Crippen molar-refractivity contribution in [3.8, 4) is 0 Å². The van der Waals surface area contributed by atoms with Crippen LogP contribution in [0.2, 0.25) is 5.15 Å². The Morgan fingerprint density at radius 3 is 2.72 bits per heavy atom. The zero-order chi connectivity index (χ0) is 12.5. The predicted molar refractivity (Wildman–Crippen MR) is 75.0 cm³/mol. The van der Waals surface area contributed by atoms with E-state index in [-0.39, 0.29) is 0 Å². The molecule has 0 fully saturated rings. The number of benzene rings is 1. The number of halogens is 1. The fourth-order valence-corrected chi connectivity index (χ4v) is 2.89. The minimum absolute atomic E-state index is 0.496. The Morgan fingerprint density at radius 1 is 1.17 bits per heavy atom. The van der Waals surface area contributed by atoms with Gasteiger partial charge in [0.15, 0.2) is 5.65 Å². The average molecular weight is 276 g/mol. The molecule has 0 atom stereocenters. The fraction of sp³-hybridized carbons (Fsp3) is 0.0769. The lowest BCUT2D eigenvalue weighted by atomic mass is 10.4. The molecule has 18 heavy (non-hydrogen) atoms. The van der Waals surface area contributed by atoms with Crippen LogP contribution in [0.5, 0.6) is 0 Å². The van der Waals surface area contributed by atoms with E-state index in [2.05, 4.69) is 26.1 Å². The first-order valence-electron chi connectivity index (χ1n) is 5.47. The molecule has 3 aromatic rings. The summed E-state index contributed by atoms with van der Waals surface area (Å²) < 4.78 is 2.07. The monoisotopic (exact) mass is 275 g/mol. The molecule has 90 valence electrons. The quantitative estimate of drug-likeness (QED) is 0.664. The summed E-state index contributed by atoms with van der Waals surface area (Å²) in [5, 5.41) is 1.38. The molecule has 0 amide bonds. The molecule has 5 heteroatoms. The summed E-state index contributed by atoms with van der Waals surface area (Å²) in [6, 6.07) is 12.2. The highest BCUT2D eigenvalue weighted by atomic mass is 35.5. The van der Waals surface area contributed by atoms with Gasteiger partial charge in [0.25, 0.3) is 0 Å². The van der Waals surface area contributed by atoms with Crippen molar-refractivity contribution >= 4 is 34.6 Å². The van der Waals surface area contributed by atoms with Gasteiger partial charge in [-0.25, -0.2) is 9.97 Å². The highest BCUT2D eigenvalue weighted by molar-refractivity contribution is 7.98. The van der Waals surface area contributed by atoms with Gasteiger partial charge in [-0.2, -0.15) is 0 Å². The number of fused-ring (bicyclic) bond motifs is 1. The molecule has 0 radical (unpaired) electrons. The van der Waals surface area contributed by atoms with Crippen LogP contribution >= 0.6 is 23.5 Å². The second-order valence-electron chi connectivity index (χ2n) is 3.89. The van der Waals surface area contributed by atoms with Gasteiger partial charge in [-0.1, -0.05) is 29.8 Å². The molecule has 0 aliphatic carbocycles. The molecule has 1 aromatic carbocycles. The van der Waals surface area contributed by atoms with Crippen LogP contribution < -0.4 is 0 Å². The molecular formula is C13H10ClN3S. The molecule has 3 rings (SSSR count). The van der Waals surface area contributed by atoms with Crippen molar-refractivity contribution in [1.82, 2.24) is 13.9 Å². The van der Waals surface area contributed by atoms with Crippen LogP contribution in [0.4, 0.5) is 0 Å². The van der Waals surface area contributed by atoms with Crippen molar-refractivity contribution in [3.05, 3.63) is 53.6 Å². The van der Waals surface area contributed by atoms with Gasteiger partial charge in [-0.05, 0) is 37.1 Å². The molecule has 2 aromatic heterocycles. The van der Waals surface area contributed by atoms with E-state index in [9.17, 15) is 0 Å². The summed E-state index contributed by atoms with van der Waals surface area (Å²) in [6.45, 7) is 2.04. The van der Waals surface area contributed by atoms with Crippen molar-refractivity contribution in [2.45, 2.75) is 11.8 Å². The third-order valence-corrected chi connectivity index (χ3v) is 4.05. The number of hydrogen-bond acceptors (Lipinski definition) is 3. The second kappa shape index (κ2) is 4.63. The highest BCUT2D eigenvalue weighted by Gasteiger charge is 2.11. The van der Waals surface area contributed by atoms with Gasteiger partial charge in [0, 0.05) is 10.6 Å². The summed E-state index contributed by atoms with van der Waals surface area (Å²) in [7, 11) is 0. The van der Waals surface area contributed by atoms with Gasteiger partial charge in [0.1, 0.15) is 11.5 Å². The molecule has 0 spiro atoms. The third-order valence-electron chi connectivity index (χ3n) is 2.62. The molecule has 0 N–H and O–H groups in total. The summed E-state index contributed by atoms with van der Waals surface area (Å²) in [5.41, 5.74) is 1.95. The number of rotatable bonds is 2. The molecule has 2 heterocycles. The van der Waals surface area contributed by atoms with Crippen LogP contribution in [0.3, 0.4) is 0 Å².